The van der Waals surface area contributed by atoms with Crippen LogP contribution in [0.15, 0.2) is 91.0 Å². The van der Waals surface area contributed by atoms with Crippen LogP contribution in [0.25, 0.3) is 11.1 Å². The number of rotatable bonds is 8. The van der Waals surface area contributed by atoms with Crippen LogP contribution in [0.5, 0.6) is 5.75 Å². The lowest BCUT2D eigenvalue weighted by atomic mass is 9.86. The van der Waals surface area contributed by atoms with E-state index in [1.165, 1.54) is 24.3 Å². The van der Waals surface area contributed by atoms with E-state index in [1.54, 1.807) is 36.4 Å². The van der Waals surface area contributed by atoms with Crippen LogP contribution in [0.1, 0.15) is 49.0 Å². The van der Waals surface area contributed by atoms with Gasteiger partial charge in [-0.05, 0) is 72.2 Å². The predicted molar refractivity (Wildman–Crippen MR) is 150 cm³/mol. The molecule has 7 nitrogen and oxygen atoms in total. The summed E-state index contributed by atoms with van der Waals surface area (Å²) in [6.45, 7) is 0. The smallest absolute Gasteiger partial charge is 0.356 e. The van der Waals surface area contributed by atoms with E-state index < -0.39 is 19.7 Å². The summed E-state index contributed by atoms with van der Waals surface area (Å²) in [7, 11) is -4.36. The topological polar surface area (TPSA) is 118 Å². The SMILES string of the molecule is O=C1C[C@@H](CC[C@H](O)c2ccc(F)cc2)[C@@H](c2ccc(-c3ccc(P(=O)(O)O)cc3)cc2O)N1C1C=CC=CC1. The molecular weight excluding hydrogens is 532 g/mol. The molecule has 1 aliphatic heterocycles. The molecule has 5 rings (SSSR count). The van der Waals surface area contributed by atoms with Gasteiger partial charge in [0.1, 0.15) is 11.6 Å². The van der Waals surface area contributed by atoms with Crippen molar-refractivity contribution in [3.8, 4) is 16.9 Å². The molecule has 0 saturated carbocycles. The molecule has 1 amide bonds. The molecule has 1 heterocycles. The van der Waals surface area contributed by atoms with Gasteiger partial charge in [-0.15, -0.1) is 0 Å². The third-order valence-corrected chi connectivity index (χ3v) is 8.71. The van der Waals surface area contributed by atoms with Crippen molar-refractivity contribution in [2.75, 3.05) is 0 Å². The molecule has 1 aliphatic carbocycles. The zero-order valence-electron chi connectivity index (χ0n) is 21.7. The fourth-order valence-corrected chi connectivity index (χ4v) is 6.23. The summed E-state index contributed by atoms with van der Waals surface area (Å²) in [6.07, 6.45) is 8.85. The van der Waals surface area contributed by atoms with Gasteiger partial charge in [0.05, 0.1) is 23.5 Å². The van der Waals surface area contributed by atoms with Crippen molar-refractivity contribution in [3.63, 3.8) is 0 Å². The van der Waals surface area contributed by atoms with Crippen LogP contribution in [-0.4, -0.2) is 36.8 Å². The van der Waals surface area contributed by atoms with Gasteiger partial charge in [-0.2, -0.15) is 0 Å². The molecule has 4 N–H and O–H groups in total. The number of benzene rings is 3. The van der Waals surface area contributed by atoms with Gasteiger partial charge in [0.2, 0.25) is 5.91 Å². The first-order valence-electron chi connectivity index (χ1n) is 13.2. The first kappa shape index (κ1) is 28.0. The molecule has 208 valence electrons. The van der Waals surface area contributed by atoms with Gasteiger partial charge < -0.3 is 24.9 Å². The summed E-state index contributed by atoms with van der Waals surface area (Å²) in [5, 5.41) is 21.9. The van der Waals surface area contributed by atoms with E-state index in [0.29, 0.717) is 41.5 Å². The summed E-state index contributed by atoms with van der Waals surface area (Å²) in [6, 6.07) is 16.3. The lowest BCUT2D eigenvalue weighted by molar-refractivity contribution is -0.130. The van der Waals surface area contributed by atoms with Crippen molar-refractivity contribution in [2.24, 2.45) is 5.92 Å². The van der Waals surface area contributed by atoms with Crippen molar-refractivity contribution in [3.05, 3.63) is 108 Å². The number of aromatic hydroxyl groups is 1. The number of aliphatic hydroxyl groups is 1. The third kappa shape index (κ3) is 5.96. The fourth-order valence-electron chi connectivity index (χ4n) is 5.70. The maximum Gasteiger partial charge on any atom is 0.356 e. The van der Waals surface area contributed by atoms with Crippen molar-refractivity contribution < 1.29 is 33.7 Å². The average molecular weight is 564 g/mol. The Hall–Kier alpha value is -3.55. The Morgan fingerprint density at radius 2 is 1.68 bits per heavy atom. The molecule has 2 aliphatic rings. The lowest BCUT2D eigenvalue weighted by Gasteiger charge is -2.35. The third-order valence-electron chi connectivity index (χ3n) is 7.74. The quantitative estimate of drug-likeness (QED) is 0.277. The molecule has 40 heavy (non-hydrogen) atoms. The summed E-state index contributed by atoms with van der Waals surface area (Å²) in [5.41, 5.74) is 2.55. The van der Waals surface area contributed by atoms with Gasteiger partial charge in [0.25, 0.3) is 0 Å². The molecule has 1 saturated heterocycles. The zero-order valence-corrected chi connectivity index (χ0v) is 22.6. The lowest BCUT2D eigenvalue weighted by Crippen LogP contribution is -2.38. The van der Waals surface area contributed by atoms with Crippen LogP contribution < -0.4 is 5.30 Å². The molecule has 9 heteroatoms. The molecule has 0 aromatic heterocycles. The number of hydrogen-bond acceptors (Lipinski definition) is 4. The van der Waals surface area contributed by atoms with Gasteiger partial charge in [-0.3, -0.25) is 9.36 Å². The number of carbonyl (C=O) groups is 1. The van der Waals surface area contributed by atoms with Crippen molar-refractivity contribution in [2.45, 2.75) is 43.9 Å². The Bertz CT molecular complexity index is 1480. The molecule has 3 aromatic rings. The zero-order chi connectivity index (χ0) is 28.4. The molecule has 3 aromatic carbocycles. The molecule has 0 spiro atoms. The second-order valence-electron chi connectivity index (χ2n) is 10.3. The first-order valence-corrected chi connectivity index (χ1v) is 14.8. The van der Waals surface area contributed by atoms with Crippen LogP contribution in [0.4, 0.5) is 4.39 Å². The van der Waals surface area contributed by atoms with Gasteiger partial charge in [0.15, 0.2) is 0 Å². The maximum atomic E-state index is 13.4. The molecule has 4 atom stereocenters. The first-order chi connectivity index (χ1) is 19.1. The number of phenolic OH excluding ortho intramolecular Hbond substituents is 1. The Balaban J connectivity index is 1.43. The highest BCUT2D eigenvalue weighted by Crippen LogP contribution is 2.47. The number of hydrogen-bond donors (Lipinski definition) is 4. The van der Waals surface area contributed by atoms with E-state index in [-0.39, 0.29) is 41.2 Å². The molecule has 0 bridgehead atoms. The number of halogens is 1. The van der Waals surface area contributed by atoms with Crippen LogP contribution in [0, 0.1) is 11.7 Å². The van der Waals surface area contributed by atoms with Crippen LogP contribution >= 0.6 is 7.60 Å². The van der Waals surface area contributed by atoms with E-state index in [0.717, 1.165) is 0 Å². The predicted octanol–water partition coefficient (Wildman–Crippen LogP) is 5.29. The molecule has 1 fully saturated rings. The highest BCUT2D eigenvalue weighted by Gasteiger charge is 2.44. The van der Waals surface area contributed by atoms with Crippen molar-refractivity contribution in [1.29, 1.82) is 0 Å². The van der Waals surface area contributed by atoms with Crippen LogP contribution in [0.3, 0.4) is 0 Å². The van der Waals surface area contributed by atoms with E-state index in [1.807, 2.05) is 35.3 Å². The number of allylic oxidation sites excluding steroid dienone is 2. The summed E-state index contributed by atoms with van der Waals surface area (Å²) in [5.74, 6) is -0.547. The van der Waals surface area contributed by atoms with E-state index in [4.69, 9.17) is 0 Å². The highest BCUT2D eigenvalue weighted by molar-refractivity contribution is 7.60. The number of aliphatic hydroxyl groups excluding tert-OH is 1. The van der Waals surface area contributed by atoms with Crippen molar-refractivity contribution >= 4 is 18.8 Å². The van der Waals surface area contributed by atoms with E-state index in [9.17, 15) is 33.7 Å². The number of likely N-dealkylation sites (tertiary alicyclic amines) is 1. The average Bonchev–Trinajstić information content (AvgIpc) is 3.27. The minimum atomic E-state index is -4.36. The molecular formula is C31H31FNO6P. The Labute approximate surface area is 232 Å². The molecule has 1 unspecified atom stereocenters. The van der Waals surface area contributed by atoms with E-state index in [2.05, 4.69) is 0 Å². The second kappa shape index (κ2) is 11.5. The van der Waals surface area contributed by atoms with Gasteiger partial charge in [-0.1, -0.05) is 60.7 Å². The van der Waals surface area contributed by atoms with Gasteiger partial charge >= 0.3 is 7.60 Å². The van der Waals surface area contributed by atoms with Crippen molar-refractivity contribution in [1.82, 2.24) is 4.90 Å². The number of carbonyl (C=O) groups excluding carboxylic acids is 1. The minimum absolute atomic E-state index is 0.0145. The largest absolute Gasteiger partial charge is 0.508 e. The minimum Gasteiger partial charge on any atom is -0.508 e. The summed E-state index contributed by atoms with van der Waals surface area (Å²) in [4.78, 5) is 34.0. The Morgan fingerprint density at radius 1 is 0.975 bits per heavy atom. The monoisotopic (exact) mass is 563 g/mol. The highest BCUT2D eigenvalue weighted by atomic mass is 31.2. The van der Waals surface area contributed by atoms with Gasteiger partial charge in [0, 0.05) is 12.0 Å². The summed E-state index contributed by atoms with van der Waals surface area (Å²) >= 11 is 0. The maximum absolute atomic E-state index is 13.4. The normalized spacial score (nSPS) is 21.6. The molecule has 0 radical (unpaired) electrons. The Kier molecular flexibility index (Phi) is 8.06. The van der Waals surface area contributed by atoms with E-state index >= 15 is 0 Å². The number of amides is 1. The summed E-state index contributed by atoms with van der Waals surface area (Å²) < 4.78 is 24.8. The Morgan fingerprint density at radius 3 is 2.30 bits per heavy atom. The number of nitrogens with zero attached hydrogens (tertiary/aromatic N) is 1. The van der Waals surface area contributed by atoms with Crippen LogP contribution in [0.2, 0.25) is 0 Å². The standard InChI is InChI=1S/C31H31FNO6P/c32-24-12-6-21(7-13-24)28(34)17-11-23-19-30(36)33(25-4-2-1-3-5-25)31(23)27-16-10-22(18-29(27)35)20-8-14-26(15-9-20)40(37,38)39/h1-4,6-10,12-16,18,23,25,28,31,34-35H,5,11,17,19H2,(H2,37,38,39)/t23-,25?,28+,31+/m1/s1. The van der Waals surface area contributed by atoms with Gasteiger partial charge in [-0.25, -0.2) is 4.39 Å². The number of phenols is 1. The van der Waals surface area contributed by atoms with Crippen LogP contribution in [-0.2, 0) is 9.36 Å². The fraction of sp³-hybridized carbons (Fsp3) is 0.258. The second-order valence-corrected chi connectivity index (χ2v) is 11.9.